The Morgan fingerprint density at radius 1 is 1.20 bits per heavy atom. The summed E-state index contributed by atoms with van der Waals surface area (Å²) >= 11 is 6.02. The lowest BCUT2D eigenvalue weighted by Crippen LogP contribution is -2.57. The lowest BCUT2D eigenvalue weighted by molar-refractivity contribution is 0.0116. The van der Waals surface area contributed by atoms with Crippen LogP contribution in [0.4, 0.5) is 10.6 Å². The molecule has 184 valence electrons. The number of piperazine rings is 1. The average Bonchev–Trinajstić information content (AvgIpc) is 3.70. The molecule has 3 aliphatic rings. The number of aromatic nitrogens is 2. The smallest absolute Gasteiger partial charge is 0.410 e. The van der Waals surface area contributed by atoms with Gasteiger partial charge >= 0.3 is 6.09 Å². The van der Waals surface area contributed by atoms with E-state index in [-0.39, 0.29) is 12.1 Å². The second kappa shape index (κ2) is 9.19. The van der Waals surface area contributed by atoms with Crippen LogP contribution in [0.2, 0.25) is 5.15 Å². The molecule has 8 nitrogen and oxygen atoms in total. The zero-order valence-corrected chi connectivity index (χ0v) is 21.1. The van der Waals surface area contributed by atoms with Gasteiger partial charge in [0.1, 0.15) is 28.4 Å². The van der Waals surface area contributed by atoms with Gasteiger partial charge in [0.05, 0.1) is 17.3 Å². The molecule has 35 heavy (non-hydrogen) atoms. The zero-order chi connectivity index (χ0) is 24.7. The Morgan fingerprint density at radius 2 is 1.97 bits per heavy atom. The summed E-state index contributed by atoms with van der Waals surface area (Å²) in [7, 11) is 0. The van der Waals surface area contributed by atoms with Crippen molar-refractivity contribution in [3.05, 3.63) is 40.8 Å². The molecule has 2 aromatic rings. The Labute approximate surface area is 210 Å². The van der Waals surface area contributed by atoms with Crippen molar-refractivity contribution in [2.24, 2.45) is 5.92 Å². The summed E-state index contributed by atoms with van der Waals surface area (Å²) in [5.41, 5.74) is 0.792. The van der Waals surface area contributed by atoms with E-state index in [4.69, 9.17) is 26.1 Å². The minimum Gasteiger partial charge on any atom is -0.455 e. The molecule has 2 saturated carbocycles. The highest BCUT2D eigenvalue weighted by Gasteiger charge is 2.43. The molecule has 3 fully saturated rings. The molecule has 1 saturated heterocycles. The lowest BCUT2D eigenvalue weighted by Gasteiger charge is -2.42. The van der Waals surface area contributed by atoms with E-state index in [9.17, 15) is 10.1 Å². The summed E-state index contributed by atoms with van der Waals surface area (Å²) in [6.45, 7) is 7.43. The number of halogens is 1. The molecule has 3 heterocycles. The van der Waals surface area contributed by atoms with Gasteiger partial charge in [-0.2, -0.15) is 5.26 Å². The third-order valence-electron chi connectivity index (χ3n) is 6.52. The average molecular weight is 496 g/mol. The Kier molecular flexibility index (Phi) is 6.22. The highest BCUT2D eigenvalue weighted by atomic mass is 35.5. The van der Waals surface area contributed by atoms with Crippen molar-refractivity contribution in [2.45, 2.75) is 64.0 Å². The molecular weight excluding hydrogens is 466 g/mol. The van der Waals surface area contributed by atoms with E-state index in [0.717, 1.165) is 31.4 Å². The fourth-order valence-electron chi connectivity index (χ4n) is 4.56. The molecule has 2 aromatic heterocycles. The normalized spacial score (nSPS) is 20.4. The zero-order valence-electron chi connectivity index (χ0n) is 20.3. The maximum atomic E-state index is 12.9. The second-order valence-corrected chi connectivity index (χ2v) is 11.0. The molecule has 0 bridgehead atoms. The van der Waals surface area contributed by atoms with Crippen LogP contribution in [0.3, 0.4) is 0 Å². The van der Waals surface area contributed by atoms with E-state index in [1.165, 1.54) is 0 Å². The SMILES string of the molecule is CC(C)(C)OC(=O)N1CCN(c2nc(C3CC3)c(Oc3ccnc(Cl)c3)cc2C#N)C[C@H]1C1CC1. The molecule has 5 rings (SSSR count). The first-order valence-corrected chi connectivity index (χ1v) is 12.6. The molecule has 2 aliphatic carbocycles. The number of carbonyl (C=O) groups excluding carboxylic acids is 1. The maximum absolute atomic E-state index is 12.9. The maximum Gasteiger partial charge on any atom is 0.410 e. The number of nitrogens with zero attached hydrogens (tertiary/aromatic N) is 5. The summed E-state index contributed by atoms with van der Waals surface area (Å²) < 4.78 is 11.8. The fourth-order valence-corrected chi connectivity index (χ4v) is 4.73. The molecule has 9 heteroatoms. The highest BCUT2D eigenvalue weighted by Crippen LogP contribution is 2.46. The van der Waals surface area contributed by atoms with E-state index in [1.807, 2.05) is 25.7 Å². The number of hydrogen-bond donors (Lipinski definition) is 0. The van der Waals surface area contributed by atoms with Crippen LogP contribution in [0.1, 0.15) is 63.6 Å². The van der Waals surface area contributed by atoms with Crippen LogP contribution in [0, 0.1) is 17.2 Å². The first-order valence-electron chi connectivity index (χ1n) is 12.2. The minimum absolute atomic E-state index is 0.0474. The van der Waals surface area contributed by atoms with Gasteiger partial charge in [0, 0.05) is 43.9 Å². The fraction of sp³-hybridized carbons (Fsp3) is 0.538. The van der Waals surface area contributed by atoms with Crippen LogP contribution in [0.15, 0.2) is 24.4 Å². The van der Waals surface area contributed by atoms with E-state index < -0.39 is 5.60 Å². The van der Waals surface area contributed by atoms with Crippen molar-refractivity contribution >= 4 is 23.5 Å². The van der Waals surface area contributed by atoms with Gasteiger partial charge in [-0.25, -0.2) is 14.8 Å². The minimum atomic E-state index is -0.536. The molecule has 0 unspecified atom stereocenters. The first kappa shape index (κ1) is 23.7. The summed E-state index contributed by atoms with van der Waals surface area (Å²) in [5.74, 6) is 2.59. The van der Waals surface area contributed by atoms with E-state index in [2.05, 4.69) is 16.0 Å². The largest absolute Gasteiger partial charge is 0.455 e. The quantitative estimate of drug-likeness (QED) is 0.505. The summed E-state index contributed by atoms with van der Waals surface area (Å²) in [6.07, 6.45) is 5.62. The monoisotopic (exact) mass is 495 g/mol. The van der Waals surface area contributed by atoms with Gasteiger partial charge in [-0.1, -0.05) is 11.6 Å². The van der Waals surface area contributed by atoms with Crippen molar-refractivity contribution in [2.75, 3.05) is 24.5 Å². The third kappa shape index (κ3) is 5.46. The second-order valence-electron chi connectivity index (χ2n) is 10.6. The van der Waals surface area contributed by atoms with Crippen LogP contribution in [-0.4, -0.2) is 52.2 Å². The number of amides is 1. The summed E-state index contributed by atoms with van der Waals surface area (Å²) in [5, 5.41) is 10.3. The molecule has 0 aromatic carbocycles. The van der Waals surface area contributed by atoms with Gasteiger partial charge in [-0.15, -0.1) is 0 Å². The van der Waals surface area contributed by atoms with Gasteiger partial charge in [0.15, 0.2) is 5.75 Å². The van der Waals surface area contributed by atoms with Crippen LogP contribution in [-0.2, 0) is 4.74 Å². The van der Waals surface area contributed by atoms with Gasteiger partial charge in [-0.3, -0.25) is 0 Å². The van der Waals surface area contributed by atoms with Gasteiger partial charge in [-0.05, 0) is 58.4 Å². The molecule has 0 radical (unpaired) electrons. The Morgan fingerprint density at radius 3 is 2.60 bits per heavy atom. The predicted octanol–water partition coefficient (Wildman–Crippen LogP) is 5.51. The van der Waals surface area contributed by atoms with E-state index in [1.54, 1.807) is 24.4 Å². The molecular formula is C26H30ClN5O3. The third-order valence-corrected chi connectivity index (χ3v) is 6.72. The van der Waals surface area contributed by atoms with Gasteiger partial charge in [0.25, 0.3) is 0 Å². The van der Waals surface area contributed by atoms with Crippen molar-refractivity contribution in [3.8, 4) is 17.6 Å². The standard InChI is InChI=1S/C26H30ClN5O3/c1-26(2,3)35-25(33)32-11-10-31(15-20(32)16-4-5-16)24-18(14-28)12-21(23(30-24)17-6-7-17)34-19-8-9-29-22(27)13-19/h8-9,12-13,16-17,20H,4-7,10-11,15H2,1-3H3/t20-/m0/s1. The molecule has 0 spiro atoms. The van der Waals surface area contributed by atoms with Crippen LogP contribution >= 0.6 is 11.6 Å². The first-order chi connectivity index (χ1) is 16.7. The van der Waals surface area contributed by atoms with E-state index in [0.29, 0.717) is 59.5 Å². The summed E-state index contributed by atoms with van der Waals surface area (Å²) in [4.78, 5) is 25.9. The summed E-state index contributed by atoms with van der Waals surface area (Å²) in [6, 6.07) is 7.53. The van der Waals surface area contributed by atoms with Crippen molar-refractivity contribution in [1.29, 1.82) is 5.26 Å². The molecule has 1 amide bonds. The van der Waals surface area contributed by atoms with Crippen molar-refractivity contribution in [1.82, 2.24) is 14.9 Å². The van der Waals surface area contributed by atoms with Crippen molar-refractivity contribution in [3.63, 3.8) is 0 Å². The van der Waals surface area contributed by atoms with Crippen LogP contribution in [0.25, 0.3) is 0 Å². The number of anilines is 1. The number of carbonyl (C=O) groups is 1. The Hall–Kier alpha value is -3.05. The Bertz CT molecular complexity index is 1170. The lowest BCUT2D eigenvalue weighted by atomic mass is 10.1. The topological polar surface area (TPSA) is 91.6 Å². The predicted molar refractivity (Wildman–Crippen MR) is 132 cm³/mol. The number of nitriles is 1. The van der Waals surface area contributed by atoms with Crippen LogP contribution < -0.4 is 9.64 Å². The number of rotatable bonds is 5. The number of hydrogen-bond acceptors (Lipinski definition) is 7. The molecule has 1 aliphatic heterocycles. The van der Waals surface area contributed by atoms with E-state index >= 15 is 0 Å². The number of pyridine rings is 2. The highest BCUT2D eigenvalue weighted by molar-refractivity contribution is 6.29. The van der Waals surface area contributed by atoms with Crippen LogP contribution in [0.5, 0.6) is 11.5 Å². The molecule has 0 N–H and O–H groups in total. The van der Waals surface area contributed by atoms with Crippen molar-refractivity contribution < 1.29 is 14.3 Å². The number of ether oxygens (including phenoxy) is 2. The molecule has 1 atom stereocenters. The van der Waals surface area contributed by atoms with Gasteiger partial charge < -0.3 is 19.3 Å². The Balaban J connectivity index is 1.42. The van der Waals surface area contributed by atoms with Gasteiger partial charge in [0.2, 0.25) is 0 Å².